The van der Waals surface area contributed by atoms with Gasteiger partial charge < -0.3 is 4.74 Å². The normalized spacial score (nSPS) is 10.6. The van der Waals surface area contributed by atoms with E-state index in [2.05, 4.69) is 14.8 Å². The first-order valence-electron chi connectivity index (χ1n) is 9.06. The van der Waals surface area contributed by atoms with Gasteiger partial charge in [-0.2, -0.15) is 0 Å². The Morgan fingerprint density at radius 1 is 1.10 bits per heavy atom. The second-order valence-electron chi connectivity index (χ2n) is 6.64. The molecule has 2 aromatic heterocycles. The first-order valence-corrected chi connectivity index (χ1v) is 9.94. The van der Waals surface area contributed by atoms with Crippen LogP contribution >= 0.6 is 11.3 Å². The third-order valence-electron chi connectivity index (χ3n) is 4.52. The number of carbonyl (C=O) groups excluding carboxylic acids is 1. The van der Waals surface area contributed by atoms with Crippen LogP contribution in [0.3, 0.4) is 0 Å². The van der Waals surface area contributed by atoms with Gasteiger partial charge in [0.1, 0.15) is 17.3 Å². The van der Waals surface area contributed by atoms with E-state index in [0.29, 0.717) is 30.0 Å². The Kier molecular flexibility index (Phi) is 5.32. The van der Waals surface area contributed by atoms with Crippen LogP contribution in [0.4, 0.5) is 5.69 Å². The van der Waals surface area contributed by atoms with Gasteiger partial charge in [-0.25, -0.2) is 9.83 Å². The van der Waals surface area contributed by atoms with Crippen molar-refractivity contribution in [1.82, 2.24) is 9.97 Å². The number of aryl methyl sites for hydroxylation is 1. The fraction of sp³-hybridized carbons (Fsp3) is 0.130. The SMILES string of the molecule is [C-]#[N+]c1cc2c(Oc3ccc(CC(=O)Cc4nccs4)cc3)ccnc2cc1C. The highest BCUT2D eigenvalue weighted by molar-refractivity contribution is 7.09. The summed E-state index contributed by atoms with van der Waals surface area (Å²) < 4.78 is 6.04. The van der Waals surface area contributed by atoms with E-state index in [1.54, 1.807) is 18.5 Å². The molecule has 0 amide bonds. The molecule has 0 spiro atoms. The molecule has 2 aromatic carbocycles. The number of nitrogens with zero attached hydrogens (tertiary/aromatic N) is 3. The van der Waals surface area contributed by atoms with Crippen molar-refractivity contribution in [2.45, 2.75) is 19.8 Å². The molecule has 0 aliphatic carbocycles. The van der Waals surface area contributed by atoms with Crippen molar-refractivity contribution >= 4 is 33.7 Å². The van der Waals surface area contributed by atoms with Crippen LogP contribution in [0.1, 0.15) is 16.1 Å². The van der Waals surface area contributed by atoms with E-state index in [-0.39, 0.29) is 5.78 Å². The molecule has 29 heavy (non-hydrogen) atoms. The Balaban J connectivity index is 1.50. The number of benzene rings is 2. The molecule has 0 N–H and O–H groups in total. The number of Topliss-reactive ketones (excluding diaryl/α,β-unsaturated/α-hetero) is 1. The molecule has 0 bridgehead atoms. The summed E-state index contributed by atoms with van der Waals surface area (Å²) in [6.45, 7) is 9.22. The van der Waals surface area contributed by atoms with Crippen LogP contribution in [0.5, 0.6) is 11.5 Å². The molecule has 4 aromatic rings. The molecule has 0 unspecified atom stereocenters. The Morgan fingerprint density at radius 2 is 1.93 bits per heavy atom. The summed E-state index contributed by atoms with van der Waals surface area (Å²) in [4.78, 5) is 24.3. The van der Waals surface area contributed by atoms with Crippen molar-refractivity contribution in [3.8, 4) is 11.5 Å². The van der Waals surface area contributed by atoms with Crippen molar-refractivity contribution in [2.24, 2.45) is 0 Å². The average molecular weight is 399 g/mol. The van der Waals surface area contributed by atoms with E-state index in [9.17, 15) is 4.79 Å². The first-order chi connectivity index (χ1) is 14.1. The van der Waals surface area contributed by atoms with Crippen LogP contribution in [0.2, 0.25) is 0 Å². The molecule has 0 atom stereocenters. The Morgan fingerprint density at radius 3 is 2.66 bits per heavy atom. The molecule has 5 nitrogen and oxygen atoms in total. The van der Waals surface area contributed by atoms with Crippen LogP contribution in [0, 0.1) is 13.5 Å². The van der Waals surface area contributed by atoms with Gasteiger partial charge in [0.15, 0.2) is 5.69 Å². The molecule has 0 fully saturated rings. The van der Waals surface area contributed by atoms with Crippen LogP contribution < -0.4 is 4.74 Å². The number of carbonyl (C=O) groups is 1. The Hall–Kier alpha value is -3.56. The van der Waals surface area contributed by atoms with Gasteiger partial charge in [0.2, 0.25) is 0 Å². The Bertz CT molecular complexity index is 1210. The lowest BCUT2D eigenvalue weighted by Crippen LogP contribution is -2.06. The lowest BCUT2D eigenvalue weighted by molar-refractivity contribution is -0.117. The third kappa shape index (κ3) is 4.31. The molecule has 0 aliphatic heterocycles. The number of aromatic nitrogens is 2. The fourth-order valence-corrected chi connectivity index (χ4v) is 3.72. The summed E-state index contributed by atoms with van der Waals surface area (Å²) in [5.74, 6) is 1.45. The van der Waals surface area contributed by atoms with E-state index in [0.717, 1.165) is 27.0 Å². The monoisotopic (exact) mass is 399 g/mol. The van der Waals surface area contributed by atoms with Crippen molar-refractivity contribution in [2.75, 3.05) is 0 Å². The van der Waals surface area contributed by atoms with Gasteiger partial charge in [-0.05, 0) is 48.4 Å². The third-order valence-corrected chi connectivity index (χ3v) is 5.30. The molecule has 0 saturated carbocycles. The lowest BCUT2D eigenvalue weighted by Gasteiger charge is -2.10. The zero-order valence-electron chi connectivity index (χ0n) is 15.8. The summed E-state index contributed by atoms with van der Waals surface area (Å²) in [6, 6.07) is 13.0. The van der Waals surface area contributed by atoms with Crippen molar-refractivity contribution in [3.05, 3.63) is 87.8 Å². The largest absolute Gasteiger partial charge is 0.457 e. The summed E-state index contributed by atoms with van der Waals surface area (Å²) in [6.07, 6.45) is 4.14. The lowest BCUT2D eigenvalue weighted by atomic mass is 10.1. The number of rotatable bonds is 6. The molecular weight excluding hydrogens is 382 g/mol. The maximum atomic E-state index is 12.2. The van der Waals surface area contributed by atoms with E-state index in [1.807, 2.05) is 48.7 Å². The number of hydrogen-bond acceptors (Lipinski definition) is 5. The standard InChI is InChI=1S/C23H17N3O2S/c1-15-11-21-19(14-20(15)24-2)22(7-8-25-21)28-18-5-3-16(4-6-18)12-17(27)13-23-26-9-10-29-23/h3-11,14H,12-13H2,1H3. The van der Waals surface area contributed by atoms with Crippen LogP contribution in [0.15, 0.2) is 60.2 Å². The molecule has 4 rings (SSSR count). The molecule has 6 heteroatoms. The quantitative estimate of drug-likeness (QED) is 0.390. The highest BCUT2D eigenvalue weighted by Gasteiger charge is 2.10. The van der Waals surface area contributed by atoms with Gasteiger partial charge in [-0.1, -0.05) is 12.1 Å². The summed E-state index contributed by atoms with van der Waals surface area (Å²) in [5.41, 5.74) is 3.20. The van der Waals surface area contributed by atoms with Gasteiger partial charge in [-0.15, -0.1) is 11.3 Å². The fourth-order valence-electron chi connectivity index (χ4n) is 3.07. The molecule has 2 heterocycles. The maximum Gasteiger partial charge on any atom is 0.191 e. The van der Waals surface area contributed by atoms with Gasteiger partial charge in [0.05, 0.1) is 23.5 Å². The highest BCUT2D eigenvalue weighted by atomic mass is 32.1. The number of ketones is 1. The summed E-state index contributed by atoms with van der Waals surface area (Å²) in [7, 11) is 0. The molecule has 0 aliphatic rings. The Labute approximate surface area is 172 Å². The van der Waals surface area contributed by atoms with Gasteiger partial charge in [-0.3, -0.25) is 9.78 Å². The molecule has 142 valence electrons. The zero-order valence-corrected chi connectivity index (χ0v) is 16.6. The second kappa shape index (κ2) is 8.21. The number of fused-ring (bicyclic) bond motifs is 1. The van der Waals surface area contributed by atoms with Crippen LogP contribution in [-0.2, 0) is 17.6 Å². The van der Waals surface area contributed by atoms with Gasteiger partial charge in [0.25, 0.3) is 0 Å². The minimum absolute atomic E-state index is 0.135. The first kappa shape index (κ1) is 18.8. The maximum absolute atomic E-state index is 12.2. The second-order valence-corrected chi connectivity index (χ2v) is 7.62. The van der Waals surface area contributed by atoms with Crippen LogP contribution in [-0.4, -0.2) is 15.8 Å². The van der Waals surface area contributed by atoms with Crippen molar-refractivity contribution in [1.29, 1.82) is 0 Å². The smallest absolute Gasteiger partial charge is 0.191 e. The predicted molar refractivity (Wildman–Crippen MR) is 114 cm³/mol. The number of thiazole rings is 1. The molecule has 0 saturated heterocycles. The highest BCUT2D eigenvalue weighted by Crippen LogP contribution is 2.33. The van der Waals surface area contributed by atoms with Crippen LogP contribution in [0.25, 0.3) is 15.7 Å². The molecule has 0 radical (unpaired) electrons. The van der Waals surface area contributed by atoms with Crippen molar-refractivity contribution in [3.63, 3.8) is 0 Å². The van der Waals surface area contributed by atoms with Gasteiger partial charge in [0, 0.05) is 29.6 Å². The minimum atomic E-state index is 0.135. The van der Waals surface area contributed by atoms with Gasteiger partial charge >= 0.3 is 0 Å². The number of pyridine rings is 1. The van der Waals surface area contributed by atoms with Crippen molar-refractivity contribution < 1.29 is 9.53 Å². The predicted octanol–water partition coefficient (Wildman–Crippen LogP) is 5.70. The topological polar surface area (TPSA) is 56.4 Å². The van der Waals surface area contributed by atoms with E-state index < -0.39 is 0 Å². The van der Waals surface area contributed by atoms with E-state index in [4.69, 9.17) is 11.3 Å². The van der Waals surface area contributed by atoms with E-state index in [1.165, 1.54) is 11.3 Å². The number of hydrogen-bond donors (Lipinski definition) is 0. The minimum Gasteiger partial charge on any atom is -0.457 e. The summed E-state index contributed by atoms with van der Waals surface area (Å²) in [5, 5.41) is 3.51. The van der Waals surface area contributed by atoms with E-state index >= 15 is 0 Å². The average Bonchev–Trinajstić information content (AvgIpc) is 3.22. The number of ether oxygens (including phenoxy) is 1. The zero-order chi connectivity index (χ0) is 20.2. The molecular formula is C23H17N3O2S. The summed E-state index contributed by atoms with van der Waals surface area (Å²) >= 11 is 1.49.